The Kier molecular flexibility index (Phi) is 4.60. The number of benzene rings is 1. The van der Waals surface area contributed by atoms with E-state index in [0.717, 1.165) is 17.4 Å². The highest BCUT2D eigenvalue weighted by molar-refractivity contribution is 9.10. The first-order valence-corrected chi connectivity index (χ1v) is 7.14. The highest BCUT2D eigenvalue weighted by Crippen LogP contribution is 2.22. The molecule has 0 spiro atoms. The van der Waals surface area contributed by atoms with Gasteiger partial charge in [0.05, 0.1) is 0 Å². The van der Waals surface area contributed by atoms with E-state index in [0.29, 0.717) is 12.1 Å². The zero-order valence-corrected chi connectivity index (χ0v) is 12.0. The molecule has 0 bridgehead atoms. The van der Waals surface area contributed by atoms with E-state index >= 15 is 0 Å². The maximum absolute atomic E-state index is 6.04. The lowest BCUT2D eigenvalue weighted by molar-refractivity contribution is 0.173. The molecule has 94 valence electrons. The minimum atomic E-state index is 0.404. The van der Waals surface area contributed by atoms with E-state index in [4.69, 9.17) is 5.73 Å². The van der Waals surface area contributed by atoms with Crippen molar-refractivity contribution in [3.05, 3.63) is 34.3 Å². The molecular formula is C14H21BrN2. The Morgan fingerprint density at radius 2 is 2.00 bits per heavy atom. The predicted molar refractivity (Wildman–Crippen MR) is 75.8 cm³/mol. The predicted octanol–water partition coefficient (Wildman–Crippen LogP) is 3.15. The maximum Gasteiger partial charge on any atom is 0.0233 e. The zero-order valence-electron chi connectivity index (χ0n) is 10.4. The topological polar surface area (TPSA) is 29.3 Å². The highest BCUT2D eigenvalue weighted by Gasteiger charge is 2.22. The molecule has 1 saturated carbocycles. The van der Waals surface area contributed by atoms with Crippen molar-refractivity contribution >= 4 is 15.9 Å². The van der Waals surface area contributed by atoms with Crippen LogP contribution in [0.5, 0.6) is 0 Å². The molecule has 0 amide bonds. The smallest absolute Gasteiger partial charge is 0.0233 e. The van der Waals surface area contributed by atoms with Gasteiger partial charge in [0, 0.05) is 23.1 Å². The number of halogens is 1. The van der Waals surface area contributed by atoms with Crippen molar-refractivity contribution in [3.63, 3.8) is 0 Å². The van der Waals surface area contributed by atoms with Gasteiger partial charge in [0.1, 0.15) is 0 Å². The van der Waals surface area contributed by atoms with Gasteiger partial charge in [-0.15, -0.1) is 0 Å². The van der Waals surface area contributed by atoms with E-state index in [1.807, 2.05) is 0 Å². The molecule has 2 unspecified atom stereocenters. The van der Waals surface area contributed by atoms with Crippen LogP contribution >= 0.6 is 15.9 Å². The van der Waals surface area contributed by atoms with Crippen LogP contribution in [0.4, 0.5) is 0 Å². The molecule has 2 atom stereocenters. The summed E-state index contributed by atoms with van der Waals surface area (Å²) in [6, 6.07) is 9.64. The first-order valence-electron chi connectivity index (χ1n) is 6.35. The average Bonchev–Trinajstić information content (AvgIpc) is 2.32. The molecule has 1 aliphatic rings. The summed E-state index contributed by atoms with van der Waals surface area (Å²) < 4.78 is 1.14. The first-order chi connectivity index (χ1) is 8.15. The lowest BCUT2D eigenvalue weighted by Gasteiger charge is -2.34. The summed E-state index contributed by atoms with van der Waals surface area (Å²) in [7, 11) is 2.21. The fraction of sp³-hybridized carbons (Fsp3) is 0.571. The van der Waals surface area contributed by atoms with Crippen LogP contribution in [0, 0.1) is 0 Å². The van der Waals surface area contributed by atoms with Crippen molar-refractivity contribution in [2.75, 3.05) is 7.05 Å². The minimum Gasteiger partial charge on any atom is -0.328 e. The molecule has 1 aliphatic carbocycles. The summed E-state index contributed by atoms with van der Waals surface area (Å²) in [5, 5.41) is 0. The second-order valence-electron chi connectivity index (χ2n) is 5.12. The van der Waals surface area contributed by atoms with Crippen LogP contribution in [0.25, 0.3) is 0 Å². The third kappa shape index (κ3) is 3.80. The molecule has 1 aromatic rings. The monoisotopic (exact) mass is 296 g/mol. The van der Waals surface area contributed by atoms with E-state index in [1.165, 1.54) is 24.8 Å². The Balaban J connectivity index is 1.91. The molecule has 1 fully saturated rings. The normalized spacial score (nSPS) is 25.2. The molecule has 2 nitrogen and oxygen atoms in total. The van der Waals surface area contributed by atoms with Gasteiger partial charge in [-0.1, -0.05) is 34.5 Å². The third-order valence-electron chi connectivity index (χ3n) is 3.66. The number of hydrogen-bond donors (Lipinski definition) is 1. The molecule has 0 aliphatic heterocycles. The van der Waals surface area contributed by atoms with Crippen LogP contribution < -0.4 is 5.73 Å². The Labute approximate surface area is 112 Å². The van der Waals surface area contributed by atoms with Crippen molar-refractivity contribution in [2.24, 2.45) is 5.73 Å². The van der Waals surface area contributed by atoms with E-state index in [2.05, 4.69) is 52.1 Å². The Morgan fingerprint density at radius 1 is 1.29 bits per heavy atom. The quantitative estimate of drug-likeness (QED) is 0.928. The molecule has 0 radical (unpaired) electrons. The summed E-state index contributed by atoms with van der Waals surface area (Å²) in [5.74, 6) is 0. The van der Waals surface area contributed by atoms with Crippen molar-refractivity contribution in [1.82, 2.24) is 4.90 Å². The van der Waals surface area contributed by atoms with Gasteiger partial charge in [-0.05, 0) is 44.0 Å². The van der Waals surface area contributed by atoms with Crippen molar-refractivity contribution in [3.8, 4) is 0 Å². The molecule has 3 heteroatoms. The van der Waals surface area contributed by atoms with Crippen LogP contribution in [0.1, 0.15) is 31.2 Å². The third-order valence-corrected chi connectivity index (χ3v) is 4.18. The van der Waals surface area contributed by atoms with Gasteiger partial charge in [-0.2, -0.15) is 0 Å². The lowest BCUT2D eigenvalue weighted by Crippen LogP contribution is -2.40. The Bertz CT molecular complexity index is 350. The fourth-order valence-electron chi connectivity index (χ4n) is 2.61. The van der Waals surface area contributed by atoms with Gasteiger partial charge < -0.3 is 5.73 Å². The zero-order chi connectivity index (χ0) is 12.3. The molecule has 2 N–H and O–H groups in total. The van der Waals surface area contributed by atoms with E-state index in [1.54, 1.807) is 0 Å². The molecular weight excluding hydrogens is 276 g/mol. The highest BCUT2D eigenvalue weighted by atomic mass is 79.9. The van der Waals surface area contributed by atoms with E-state index in [-0.39, 0.29) is 0 Å². The summed E-state index contributed by atoms with van der Waals surface area (Å²) in [5.41, 5.74) is 7.41. The van der Waals surface area contributed by atoms with Crippen molar-refractivity contribution in [1.29, 1.82) is 0 Å². The second-order valence-corrected chi connectivity index (χ2v) is 6.04. The lowest BCUT2D eigenvalue weighted by atomic mass is 9.90. The van der Waals surface area contributed by atoms with Crippen LogP contribution in [-0.2, 0) is 6.54 Å². The average molecular weight is 297 g/mol. The standard InChI is InChI=1S/C14H21BrN2/c1-17(14-4-2-3-13(16)9-14)10-11-5-7-12(15)8-6-11/h5-8,13-14H,2-4,9-10,16H2,1H3. The molecule has 2 rings (SSSR count). The largest absolute Gasteiger partial charge is 0.328 e. The second kappa shape index (κ2) is 5.98. The number of nitrogens with zero attached hydrogens (tertiary/aromatic N) is 1. The minimum absolute atomic E-state index is 0.404. The van der Waals surface area contributed by atoms with Crippen LogP contribution in [0.2, 0.25) is 0 Å². The van der Waals surface area contributed by atoms with Crippen LogP contribution in [0.3, 0.4) is 0 Å². The SMILES string of the molecule is CN(Cc1ccc(Br)cc1)C1CCCC(N)C1. The maximum atomic E-state index is 6.04. The molecule has 0 aromatic heterocycles. The Morgan fingerprint density at radius 3 is 2.65 bits per heavy atom. The van der Waals surface area contributed by atoms with Gasteiger partial charge in [0.15, 0.2) is 0 Å². The molecule has 0 heterocycles. The van der Waals surface area contributed by atoms with Gasteiger partial charge in [-0.3, -0.25) is 4.90 Å². The van der Waals surface area contributed by atoms with Gasteiger partial charge in [0.2, 0.25) is 0 Å². The van der Waals surface area contributed by atoms with Gasteiger partial charge in [-0.25, -0.2) is 0 Å². The van der Waals surface area contributed by atoms with Crippen LogP contribution in [-0.4, -0.2) is 24.0 Å². The summed E-state index contributed by atoms with van der Waals surface area (Å²) in [6.07, 6.45) is 4.91. The number of nitrogens with two attached hydrogens (primary N) is 1. The van der Waals surface area contributed by atoms with Gasteiger partial charge in [0.25, 0.3) is 0 Å². The fourth-order valence-corrected chi connectivity index (χ4v) is 2.87. The summed E-state index contributed by atoms with van der Waals surface area (Å²) >= 11 is 3.47. The summed E-state index contributed by atoms with van der Waals surface area (Å²) in [4.78, 5) is 2.45. The number of hydrogen-bond acceptors (Lipinski definition) is 2. The molecule has 17 heavy (non-hydrogen) atoms. The molecule has 1 aromatic carbocycles. The van der Waals surface area contributed by atoms with E-state index < -0.39 is 0 Å². The van der Waals surface area contributed by atoms with Gasteiger partial charge >= 0.3 is 0 Å². The first kappa shape index (κ1) is 13.1. The number of rotatable bonds is 3. The summed E-state index contributed by atoms with van der Waals surface area (Å²) in [6.45, 7) is 1.02. The molecule has 0 saturated heterocycles. The van der Waals surface area contributed by atoms with Crippen LogP contribution in [0.15, 0.2) is 28.7 Å². The van der Waals surface area contributed by atoms with E-state index in [9.17, 15) is 0 Å². The Hall–Kier alpha value is -0.380. The van der Waals surface area contributed by atoms with Crippen molar-refractivity contribution in [2.45, 2.75) is 44.3 Å². The van der Waals surface area contributed by atoms with Crippen molar-refractivity contribution < 1.29 is 0 Å².